The first-order valence-electron chi connectivity index (χ1n) is 4.52. The van der Waals surface area contributed by atoms with Gasteiger partial charge in [0.05, 0.1) is 11.0 Å². The lowest BCUT2D eigenvalue weighted by atomic mass is 10.1. The van der Waals surface area contributed by atoms with Crippen LogP contribution in [0.2, 0.25) is 0 Å². The second kappa shape index (κ2) is 4.96. The van der Waals surface area contributed by atoms with Crippen molar-refractivity contribution in [3.8, 4) is 6.07 Å². The fourth-order valence-corrected chi connectivity index (χ4v) is 1.79. The molecule has 0 heterocycles. The molecule has 16 heavy (non-hydrogen) atoms. The van der Waals surface area contributed by atoms with Crippen LogP contribution in [0.3, 0.4) is 0 Å². The van der Waals surface area contributed by atoms with Gasteiger partial charge < -0.3 is 5.73 Å². The number of hydrogen-bond donors (Lipinski definition) is 1. The van der Waals surface area contributed by atoms with Gasteiger partial charge in [-0.15, -0.1) is 11.8 Å². The molecule has 6 heteroatoms. The normalized spacial score (nSPS) is 13.8. The molecule has 84 valence electrons. The van der Waals surface area contributed by atoms with Gasteiger partial charge in [-0.1, -0.05) is 0 Å². The molecule has 1 atom stereocenters. The lowest BCUT2D eigenvalue weighted by molar-refractivity contribution is -0.384. The minimum absolute atomic E-state index is 0.0557. The van der Waals surface area contributed by atoms with Crippen LogP contribution < -0.4 is 5.73 Å². The molecule has 0 fully saturated rings. The molecule has 0 spiro atoms. The minimum atomic E-state index is -0.882. The van der Waals surface area contributed by atoms with E-state index in [1.54, 1.807) is 19.1 Å². The fourth-order valence-electron chi connectivity index (χ4n) is 0.930. The smallest absolute Gasteiger partial charge is 0.269 e. The summed E-state index contributed by atoms with van der Waals surface area (Å²) in [6.07, 6.45) is 0. The third-order valence-corrected chi connectivity index (χ3v) is 3.19. The van der Waals surface area contributed by atoms with Gasteiger partial charge in [-0.2, -0.15) is 5.26 Å². The maximum Gasteiger partial charge on any atom is 0.269 e. The Bertz CT molecular complexity index is 423. The predicted octanol–water partition coefficient (Wildman–Crippen LogP) is 1.93. The lowest BCUT2D eigenvalue weighted by Gasteiger charge is -2.13. The monoisotopic (exact) mass is 237 g/mol. The van der Waals surface area contributed by atoms with E-state index in [2.05, 4.69) is 0 Å². The highest BCUT2D eigenvalue weighted by Gasteiger charge is 2.17. The number of hydrogen-bond acceptors (Lipinski definition) is 5. The minimum Gasteiger partial charge on any atom is -0.313 e. The Morgan fingerprint density at radius 2 is 2.12 bits per heavy atom. The molecule has 2 N–H and O–H groups in total. The van der Waals surface area contributed by atoms with Crippen LogP contribution in [-0.4, -0.2) is 16.2 Å². The average molecular weight is 237 g/mol. The molecule has 5 nitrogen and oxygen atoms in total. The van der Waals surface area contributed by atoms with E-state index in [-0.39, 0.29) is 5.69 Å². The summed E-state index contributed by atoms with van der Waals surface area (Å²) in [5.74, 6) is 0.446. The third kappa shape index (κ3) is 3.53. The molecule has 0 aromatic heterocycles. The summed E-state index contributed by atoms with van der Waals surface area (Å²) >= 11 is 1.40. The molecule has 0 amide bonds. The highest BCUT2D eigenvalue weighted by Crippen LogP contribution is 2.23. The van der Waals surface area contributed by atoms with Crippen molar-refractivity contribution in [1.82, 2.24) is 0 Å². The zero-order chi connectivity index (χ0) is 12.2. The van der Waals surface area contributed by atoms with Crippen molar-refractivity contribution in [2.45, 2.75) is 17.4 Å². The van der Waals surface area contributed by atoms with Crippen molar-refractivity contribution >= 4 is 17.4 Å². The van der Waals surface area contributed by atoms with Gasteiger partial charge in [0, 0.05) is 22.8 Å². The zero-order valence-corrected chi connectivity index (χ0v) is 9.53. The lowest BCUT2D eigenvalue weighted by Crippen LogP contribution is -2.36. The second-order valence-electron chi connectivity index (χ2n) is 3.57. The summed E-state index contributed by atoms with van der Waals surface area (Å²) in [5.41, 5.74) is 4.83. The number of rotatable bonds is 4. The second-order valence-corrected chi connectivity index (χ2v) is 4.62. The predicted molar refractivity (Wildman–Crippen MR) is 62.0 cm³/mol. The maximum atomic E-state index is 10.4. The number of nitriles is 1. The van der Waals surface area contributed by atoms with E-state index < -0.39 is 10.5 Å². The van der Waals surface area contributed by atoms with E-state index in [1.807, 2.05) is 6.07 Å². The van der Waals surface area contributed by atoms with Crippen LogP contribution in [0.1, 0.15) is 6.92 Å². The Kier molecular flexibility index (Phi) is 3.88. The van der Waals surface area contributed by atoms with Gasteiger partial charge in [0.1, 0.15) is 5.54 Å². The molecule has 0 saturated heterocycles. The molecular weight excluding hydrogens is 226 g/mol. The van der Waals surface area contributed by atoms with Crippen LogP contribution in [0.5, 0.6) is 0 Å². The number of nitro groups is 1. The zero-order valence-electron chi connectivity index (χ0n) is 8.71. The van der Waals surface area contributed by atoms with E-state index in [4.69, 9.17) is 11.0 Å². The fraction of sp³-hybridized carbons (Fsp3) is 0.300. The van der Waals surface area contributed by atoms with Crippen molar-refractivity contribution in [2.24, 2.45) is 5.73 Å². The van der Waals surface area contributed by atoms with Crippen molar-refractivity contribution in [3.63, 3.8) is 0 Å². The van der Waals surface area contributed by atoms with Crippen molar-refractivity contribution in [2.75, 3.05) is 5.75 Å². The number of benzene rings is 1. The van der Waals surface area contributed by atoms with Crippen molar-refractivity contribution in [3.05, 3.63) is 34.4 Å². The number of nitrogens with two attached hydrogens (primary N) is 1. The van der Waals surface area contributed by atoms with E-state index in [1.165, 1.54) is 23.9 Å². The van der Waals surface area contributed by atoms with Crippen LogP contribution in [0.4, 0.5) is 5.69 Å². The first kappa shape index (κ1) is 12.5. The molecule has 0 bridgehead atoms. The highest BCUT2D eigenvalue weighted by atomic mass is 32.2. The van der Waals surface area contributed by atoms with Gasteiger partial charge in [-0.3, -0.25) is 10.1 Å². The molecule has 0 radical (unpaired) electrons. The van der Waals surface area contributed by atoms with Gasteiger partial charge in [-0.25, -0.2) is 0 Å². The molecule has 0 aliphatic rings. The summed E-state index contributed by atoms with van der Waals surface area (Å²) in [6.45, 7) is 1.64. The number of thioether (sulfide) groups is 1. The van der Waals surface area contributed by atoms with Crippen LogP contribution >= 0.6 is 11.8 Å². The largest absolute Gasteiger partial charge is 0.313 e. The van der Waals surface area contributed by atoms with Crippen LogP contribution in [0.15, 0.2) is 29.2 Å². The van der Waals surface area contributed by atoms with Gasteiger partial charge >= 0.3 is 0 Å². The first-order chi connectivity index (χ1) is 7.44. The van der Waals surface area contributed by atoms with E-state index in [0.29, 0.717) is 5.75 Å². The van der Waals surface area contributed by atoms with E-state index >= 15 is 0 Å². The Balaban J connectivity index is 2.64. The average Bonchev–Trinajstić information content (AvgIpc) is 2.27. The Labute approximate surface area is 97.4 Å². The summed E-state index contributed by atoms with van der Waals surface area (Å²) in [4.78, 5) is 10.8. The summed E-state index contributed by atoms with van der Waals surface area (Å²) in [7, 11) is 0. The quantitative estimate of drug-likeness (QED) is 0.490. The van der Waals surface area contributed by atoms with Crippen LogP contribution in [-0.2, 0) is 0 Å². The molecule has 1 unspecified atom stereocenters. The topological polar surface area (TPSA) is 93.0 Å². The van der Waals surface area contributed by atoms with E-state index in [9.17, 15) is 10.1 Å². The molecule has 1 aromatic carbocycles. The molecule has 0 aliphatic carbocycles. The Hall–Kier alpha value is -1.58. The van der Waals surface area contributed by atoms with Crippen molar-refractivity contribution < 1.29 is 4.92 Å². The van der Waals surface area contributed by atoms with Gasteiger partial charge in [0.15, 0.2) is 0 Å². The first-order valence-corrected chi connectivity index (χ1v) is 5.50. The molecule has 1 aromatic rings. The van der Waals surface area contributed by atoms with Crippen molar-refractivity contribution in [1.29, 1.82) is 5.26 Å². The van der Waals surface area contributed by atoms with Crippen LogP contribution in [0, 0.1) is 21.4 Å². The summed E-state index contributed by atoms with van der Waals surface area (Å²) in [6, 6.07) is 8.15. The SMILES string of the molecule is CC(N)(C#N)CSc1ccc([N+](=O)[O-])cc1. The van der Waals surface area contributed by atoms with Crippen LogP contribution in [0.25, 0.3) is 0 Å². The molecule has 0 saturated carbocycles. The number of nitro benzene ring substituents is 1. The van der Waals surface area contributed by atoms with E-state index in [0.717, 1.165) is 4.90 Å². The Morgan fingerprint density at radius 3 is 2.56 bits per heavy atom. The standard InChI is InChI=1S/C10H11N3O2S/c1-10(12,6-11)7-16-9-4-2-8(3-5-9)13(14)15/h2-5H,7,12H2,1H3. The highest BCUT2D eigenvalue weighted by molar-refractivity contribution is 7.99. The number of non-ortho nitro benzene ring substituents is 1. The molecular formula is C10H11N3O2S. The Morgan fingerprint density at radius 1 is 1.56 bits per heavy atom. The van der Waals surface area contributed by atoms with Gasteiger partial charge in [0.25, 0.3) is 5.69 Å². The molecule has 0 aliphatic heterocycles. The summed E-state index contributed by atoms with van der Waals surface area (Å²) < 4.78 is 0. The summed E-state index contributed by atoms with van der Waals surface area (Å²) in [5, 5.41) is 19.1. The van der Waals surface area contributed by atoms with Gasteiger partial charge in [0.2, 0.25) is 0 Å². The molecule has 1 rings (SSSR count). The van der Waals surface area contributed by atoms with Gasteiger partial charge in [-0.05, 0) is 19.1 Å². The maximum absolute atomic E-state index is 10.4. The third-order valence-electron chi connectivity index (χ3n) is 1.84. The number of nitrogens with zero attached hydrogens (tertiary/aromatic N) is 2.